The first-order valence-electron chi connectivity index (χ1n) is 13.4. The van der Waals surface area contributed by atoms with Gasteiger partial charge in [0.05, 0.1) is 39.5 Å². The third kappa shape index (κ3) is 5.42. The number of nitro benzene ring substituents is 1. The number of aromatic nitrogens is 1. The molecule has 0 spiro atoms. The molecule has 0 aliphatic carbocycles. The van der Waals surface area contributed by atoms with E-state index in [4.69, 9.17) is 13.9 Å². The van der Waals surface area contributed by atoms with Gasteiger partial charge in [-0.15, -0.1) is 0 Å². The van der Waals surface area contributed by atoms with Crippen LogP contribution in [0.3, 0.4) is 0 Å². The number of fused-ring (bicyclic) bond motifs is 1. The van der Waals surface area contributed by atoms with Crippen molar-refractivity contribution in [2.45, 2.75) is 46.8 Å². The van der Waals surface area contributed by atoms with Crippen LogP contribution in [0.15, 0.2) is 80.1 Å². The maximum atomic E-state index is 13.9. The summed E-state index contributed by atoms with van der Waals surface area (Å²) in [5.74, 6) is 0.974. The van der Waals surface area contributed by atoms with Crippen LogP contribution in [0.25, 0.3) is 17.4 Å². The lowest BCUT2D eigenvalue weighted by Crippen LogP contribution is -2.40. The molecule has 11 heteroatoms. The summed E-state index contributed by atoms with van der Waals surface area (Å²) in [6.45, 7) is 9.33. The second-order valence-electron chi connectivity index (χ2n) is 9.95. The van der Waals surface area contributed by atoms with Crippen LogP contribution in [0.2, 0.25) is 0 Å². The summed E-state index contributed by atoms with van der Waals surface area (Å²) in [5, 5.41) is 11.4. The van der Waals surface area contributed by atoms with Crippen molar-refractivity contribution in [1.29, 1.82) is 0 Å². The molecule has 0 saturated carbocycles. The Kier molecular flexibility index (Phi) is 7.95. The Morgan fingerprint density at radius 3 is 2.57 bits per heavy atom. The SMILES string of the molecule is CCOc1ccc([C@H]2C(C(=O)OC(C)C)=C(C)N=c3s/c(=C/c4ccc(-c5cccc([N+](=O)[O-])c5C)o4)c(=O)n32)cc1. The number of esters is 1. The number of allylic oxidation sites excluding steroid dienone is 1. The molecule has 1 aliphatic heterocycles. The standard InChI is InChI=1S/C31H29N3O7S/c1-6-39-21-12-10-20(11-13-21)28-27(30(36)40-17(2)3)19(5)32-31-33(28)29(35)26(42-31)16-22-14-15-25(41-22)23-8-7-9-24(18(23)4)34(37)38/h7-17,28H,6H2,1-5H3/b26-16+/t28-/m0/s1. The number of ether oxygens (including phenoxy) is 2. The van der Waals surface area contributed by atoms with E-state index in [0.29, 0.717) is 55.6 Å². The van der Waals surface area contributed by atoms with E-state index < -0.39 is 16.9 Å². The van der Waals surface area contributed by atoms with Gasteiger partial charge in [-0.3, -0.25) is 19.5 Å². The first-order valence-corrected chi connectivity index (χ1v) is 14.2. The summed E-state index contributed by atoms with van der Waals surface area (Å²) in [6, 6.07) is 14.7. The van der Waals surface area contributed by atoms with E-state index in [1.54, 1.807) is 70.2 Å². The van der Waals surface area contributed by atoms with Gasteiger partial charge < -0.3 is 13.9 Å². The van der Waals surface area contributed by atoms with E-state index in [0.717, 1.165) is 0 Å². The Morgan fingerprint density at radius 1 is 1.17 bits per heavy atom. The normalized spacial score (nSPS) is 15.0. The minimum Gasteiger partial charge on any atom is -0.494 e. The second-order valence-corrected chi connectivity index (χ2v) is 11.0. The summed E-state index contributed by atoms with van der Waals surface area (Å²) in [6.07, 6.45) is 1.26. The van der Waals surface area contributed by atoms with Crippen molar-refractivity contribution in [1.82, 2.24) is 4.57 Å². The fraction of sp³-hybridized carbons (Fsp3) is 0.258. The Balaban J connectivity index is 1.61. The molecule has 0 saturated heterocycles. The smallest absolute Gasteiger partial charge is 0.338 e. The summed E-state index contributed by atoms with van der Waals surface area (Å²) in [5.41, 5.74) is 2.18. The minimum atomic E-state index is -0.759. The first-order chi connectivity index (χ1) is 20.1. The van der Waals surface area contributed by atoms with Crippen LogP contribution >= 0.6 is 11.3 Å². The first kappa shape index (κ1) is 28.7. The summed E-state index contributed by atoms with van der Waals surface area (Å²) in [4.78, 5) is 43.2. The Bertz CT molecular complexity index is 1900. The van der Waals surface area contributed by atoms with Gasteiger partial charge in [0.25, 0.3) is 11.2 Å². The van der Waals surface area contributed by atoms with E-state index in [1.165, 1.54) is 22.0 Å². The van der Waals surface area contributed by atoms with E-state index in [-0.39, 0.29) is 22.9 Å². The van der Waals surface area contributed by atoms with Gasteiger partial charge in [0, 0.05) is 23.3 Å². The Hall–Kier alpha value is -4.77. The predicted octanol–water partition coefficient (Wildman–Crippen LogP) is 5.06. The largest absolute Gasteiger partial charge is 0.494 e. The third-order valence-electron chi connectivity index (χ3n) is 6.76. The average Bonchev–Trinajstić information content (AvgIpc) is 3.52. The van der Waals surface area contributed by atoms with Crippen LogP contribution in [0, 0.1) is 17.0 Å². The maximum Gasteiger partial charge on any atom is 0.338 e. The minimum absolute atomic E-state index is 0.00443. The highest BCUT2D eigenvalue weighted by Gasteiger charge is 2.34. The van der Waals surface area contributed by atoms with Gasteiger partial charge in [0.15, 0.2) is 4.80 Å². The van der Waals surface area contributed by atoms with Crippen molar-refractivity contribution in [3.8, 4) is 17.1 Å². The molecule has 1 aliphatic rings. The molecule has 0 radical (unpaired) electrons. The predicted molar refractivity (Wildman–Crippen MR) is 158 cm³/mol. The zero-order valence-corrected chi connectivity index (χ0v) is 24.6. The zero-order valence-electron chi connectivity index (χ0n) is 23.7. The molecule has 42 heavy (non-hydrogen) atoms. The average molecular weight is 588 g/mol. The number of rotatable bonds is 8. The number of thiazole rings is 1. The van der Waals surface area contributed by atoms with Crippen LogP contribution in [0.4, 0.5) is 5.69 Å². The van der Waals surface area contributed by atoms with E-state index in [9.17, 15) is 19.7 Å². The molecular formula is C31H29N3O7S. The lowest BCUT2D eigenvalue weighted by atomic mass is 9.96. The fourth-order valence-corrected chi connectivity index (χ4v) is 5.91. The maximum absolute atomic E-state index is 13.9. The van der Waals surface area contributed by atoms with Gasteiger partial charge in [-0.1, -0.05) is 35.6 Å². The molecule has 2 aromatic heterocycles. The van der Waals surface area contributed by atoms with E-state index in [1.807, 2.05) is 19.1 Å². The summed E-state index contributed by atoms with van der Waals surface area (Å²) < 4.78 is 19.0. The highest BCUT2D eigenvalue weighted by molar-refractivity contribution is 7.07. The molecule has 0 fully saturated rings. The van der Waals surface area contributed by atoms with Crippen LogP contribution < -0.4 is 19.6 Å². The summed E-state index contributed by atoms with van der Waals surface area (Å²) >= 11 is 1.18. The van der Waals surface area contributed by atoms with Crippen molar-refractivity contribution in [3.05, 3.63) is 113 Å². The van der Waals surface area contributed by atoms with Crippen LogP contribution in [0.1, 0.15) is 50.6 Å². The topological polar surface area (TPSA) is 126 Å². The zero-order chi connectivity index (χ0) is 30.1. The Morgan fingerprint density at radius 2 is 1.90 bits per heavy atom. The molecule has 216 valence electrons. The number of carbonyl (C=O) groups excluding carboxylic acids is 1. The van der Waals surface area contributed by atoms with Gasteiger partial charge in [0.1, 0.15) is 17.3 Å². The van der Waals surface area contributed by atoms with E-state index in [2.05, 4.69) is 4.99 Å². The van der Waals surface area contributed by atoms with Crippen LogP contribution in [-0.2, 0) is 9.53 Å². The molecule has 4 aromatic rings. The van der Waals surface area contributed by atoms with Gasteiger partial charge in [-0.25, -0.2) is 9.79 Å². The van der Waals surface area contributed by atoms with Crippen molar-refractivity contribution in [2.75, 3.05) is 6.61 Å². The van der Waals surface area contributed by atoms with Gasteiger partial charge in [-0.05, 0) is 64.4 Å². The molecule has 0 unspecified atom stereocenters. The van der Waals surface area contributed by atoms with Crippen molar-refractivity contribution >= 4 is 29.1 Å². The fourth-order valence-electron chi connectivity index (χ4n) is 4.88. The lowest BCUT2D eigenvalue weighted by Gasteiger charge is -2.25. The number of furan rings is 1. The molecule has 3 heterocycles. The van der Waals surface area contributed by atoms with Crippen molar-refractivity contribution in [3.63, 3.8) is 0 Å². The van der Waals surface area contributed by atoms with Crippen molar-refractivity contribution < 1.29 is 23.6 Å². The molecule has 0 N–H and O–H groups in total. The number of hydrogen-bond acceptors (Lipinski definition) is 9. The van der Waals surface area contributed by atoms with Gasteiger partial charge in [0.2, 0.25) is 0 Å². The monoisotopic (exact) mass is 587 g/mol. The number of hydrogen-bond donors (Lipinski definition) is 0. The highest BCUT2D eigenvalue weighted by Crippen LogP contribution is 2.33. The molecule has 1 atom stereocenters. The summed E-state index contributed by atoms with van der Waals surface area (Å²) in [7, 11) is 0. The number of nitrogens with zero attached hydrogens (tertiary/aromatic N) is 3. The third-order valence-corrected chi connectivity index (χ3v) is 7.74. The van der Waals surface area contributed by atoms with Crippen molar-refractivity contribution in [2.24, 2.45) is 4.99 Å². The number of nitro groups is 1. The van der Waals surface area contributed by atoms with Gasteiger partial charge >= 0.3 is 5.97 Å². The van der Waals surface area contributed by atoms with E-state index >= 15 is 0 Å². The number of benzene rings is 2. The molecule has 10 nitrogen and oxygen atoms in total. The molecule has 2 aromatic carbocycles. The molecule has 0 amide bonds. The lowest BCUT2D eigenvalue weighted by molar-refractivity contribution is -0.385. The second kappa shape index (κ2) is 11.6. The highest BCUT2D eigenvalue weighted by atomic mass is 32.1. The van der Waals surface area contributed by atoms with Crippen LogP contribution in [-0.4, -0.2) is 28.2 Å². The molecular weight excluding hydrogens is 558 g/mol. The van der Waals surface area contributed by atoms with Gasteiger partial charge in [-0.2, -0.15) is 0 Å². The Labute approximate surface area is 245 Å². The molecule has 0 bridgehead atoms. The number of carbonyl (C=O) groups is 1. The quantitative estimate of drug-likeness (QED) is 0.160. The van der Waals surface area contributed by atoms with Crippen LogP contribution in [0.5, 0.6) is 5.75 Å². The molecule has 5 rings (SSSR count).